The maximum absolute atomic E-state index is 11.7. The van der Waals surface area contributed by atoms with E-state index < -0.39 is 0 Å². The Hall–Kier alpha value is -2.61. The number of benzene rings is 1. The van der Waals surface area contributed by atoms with Gasteiger partial charge < -0.3 is 19.4 Å². The van der Waals surface area contributed by atoms with E-state index in [0.29, 0.717) is 12.7 Å². The molecule has 0 aliphatic carbocycles. The summed E-state index contributed by atoms with van der Waals surface area (Å²) in [5.41, 5.74) is 1.21. The minimum atomic E-state index is -0.103. The lowest BCUT2D eigenvalue weighted by molar-refractivity contribution is -0.119. The van der Waals surface area contributed by atoms with Crippen LogP contribution in [0, 0.1) is 5.92 Å². The molecule has 1 N–H and O–H groups in total. The molecular weight excluding hydrogens is 370 g/mol. The zero-order valence-electron chi connectivity index (χ0n) is 17.4. The van der Waals surface area contributed by atoms with Crippen LogP contribution in [0.25, 0.3) is 0 Å². The van der Waals surface area contributed by atoms with Gasteiger partial charge in [-0.1, -0.05) is 19.9 Å². The highest BCUT2D eigenvalue weighted by atomic mass is 16.7. The average Bonchev–Trinajstić information content (AvgIpc) is 3.24. The van der Waals surface area contributed by atoms with E-state index in [1.54, 1.807) is 6.92 Å². The van der Waals surface area contributed by atoms with Crippen molar-refractivity contribution in [2.24, 2.45) is 5.92 Å². The molecule has 2 aromatic rings. The van der Waals surface area contributed by atoms with E-state index >= 15 is 0 Å². The van der Waals surface area contributed by atoms with Gasteiger partial charge in [-0.05, 0) is 30.0 Å². The normalized spacial score (nSPS) is 17.1. The van der Waals surface area contributed by atoms with Crippen LogP contribution < -0.4 is 14.8 Å². The molecule has 3 heterocycles. The van der Waals surface area contributed by atoms with Crippen molar-refractivity contribution in [3.63, 3.8) is 0 Å². The van der Waals surface area contributed by atoms with Crippen LogP contribution in [0.1, 0.15) is 50.4 Å². The van der Waals surface area contributed by atoms with Gasteiger partial charge in [-0.2, -0.15) is 0 Å². The van der Waals surface area contributed by atoms with Gasteiger partial charge in [-0.15, -0.1) is 10.2 Å². The van der Waals surface area contributed by atoms with E-state index in [0.717, 1.165) is 62.2 Å². The topological polar surface area (TPSA) is 81.5 Å². The smallest absolute Gasteiger partial charge is 0.231 e. The molecule has 0 saturated carbocycles. The molecule has 0 saturated heterocycles. The van der Waals surface area contributed by atoms with Crippen molar-refractivity contribution in [1.29, 1.82) is 0 Å². The molecule has 1 unspecified atom stereocenters. The Bertz CT molecular complexity index is 879. The number of rotatable bonds is 6. The summed E-state index contributed by atoms with van der Waals surface area (Å²) in [6.07, 6.45) is 1.69. The Balaban J connectivity index is 1.46. The third-order valence-corrected chi connectivity index (χ3v) is 5.39. The molecule has 0 fully saturated rings. The summed E-state index contributed by atoms with van der Waals surface area (Å²) >= 11 is 0. The lowest BCUT2D eigenvalue weighted by Crippen LogP contribution is -2.31. The van der Waals surface area contributed by atoms with Gasteiger partial charge in [0.15, 0.2) is 17.3 Å². The second-order valence-corrected chi connectivity index (χ2v) is 8.22. The SMILES string of the molecule is CC(=O)NC(CC(C)C)c1nnc2n1CCN(Cc1ccc3c(c1)OCO3)CC2. The van der Waals surface area contributed by atoms with Crippen LogP contribution in [0.3, 0.4) is 0 Å². The molecule has 1 aromatic heterocycles. The van der Waals surface area contributed by atoms with E-state index in [9.17, 15) is 4.79 Å². The van der Waals surface area contributed by atoms with E-state index in [4.69, 9.17) is 9.47 Å². The number of fused-ring (bicyclic) bond motifs is 2. The molecule has 156 valence electrons. The summed E-state index contributed by atoms with van der Waals surface area (Å²) in [5.74, 6) is 3.92. The highest BCUT2D eigenvalue weighted by molar-refractivity contribution is 5.73. The number of carbonyl (C=O) groups excluding carboxylic acids is 1. The number of hydrogen-bond acceptors (Lipinski definition) is 6. The first-order chi connectivity index (χ1) is 14.0. The molecule has 1 aromatic carbocycles. The Labute approximate surface area is 171 Å². The number of nitrogens with one attached hydrogen (secondary N) is 1. The van der Waals surface area contributed by atoms with Crippen LogP contribution in [-0.4, -0.2) is 45.5 Å². The van der Waals surface area contributed by atoms with Crippen molar-refractivity contribution in [2.75, 3.05) is 19.9 Å². The first-order valence-corrected chi connectivity index (χ1v) is 10.3. The molecular formula is C21H29N5O3. The summed E-state index contributed by atoms with van der Waals surface area (Å²) in [7, 11) is 0. The lowest BCUT2D eigenvalue weighted by atomic mass is 10.0. The van der Waals surface area contributed by atoms with Gasteiger partial charge in [-0.3, -0.25) is 9.69 Å². The van der Waals surface area contributed by atoms with E-state index in [1.165, 1.54) is 5.56 Å². The van der Waals surface area contributed by atoms with Crippen LogP contribution >= 0.6 is 0 Å². The number of ether oxygens (including phenoxy) is 2. The van der Waals surface area contributed by atoms with E-state index in [1.807, 2.05) is 6.07 Å². The zero-order valence-corrected chi connectivity index (χ0v) is 17.4. The van der Waals surface area contributed by atoms with Crippen LogP contribution in [0.5, 0.6) is 11.5 Å². The molecule has 2 aliphatic rings. The fraction of sp³-hybridized carbons (Fsp3) is 0.571. The molecule has 0 spiro atoms. The fourth-order valence-electron chi connectivity index (χ4n) is 4.05. The summed E-state index contributed by atoms with van der Waals surface area (Å²) in [5, 5.41) is 11.9. The van der Waals surface area contributed by atoms with Crippen LogP contribution in [0.2, 0.25) is 0 Å². The molecule has 29 heavy (non-hydrogen) atoms. The van der Waals surface area contributed by atoms with Crippen molar-refractivity contribution in [2.45, 2.75) is 52.7 Å². The molecule has 2 aliphatic heterocycles. The summed E-state index contributed by atoms with van der Waals surface area (Å²) in [6.45, 7) is 9.65. The zero-order chi connectivity index (χ0) is 20.4. The minimum Gasteiger partial charge on any atom is -0.454 e. The lowest BCUT2D eigenvalue weighted by Gasteiger charge is -2.22. The predicted molar refractivity (Wildman–Crippen MR) is 108 cm³/mol. The third-order valence-electron chi connectivity index (χ3n) is 5.39. The third kappa shape index (κ3) is 4.53. The number of aromatic nitrogens is 3. The van der Waals surface area contributed by atoms with Crippen molar-refractivity contribution in [3.8, 4) is 11.5 Å². The Morgan fingerprint density at radius 2 is 2.00 bits per heavy atom. The van der Waals surface area contributed by atoms with Gasteiger partial charge in [-0.25, -0.2) is 0 Å². The number of carbonyl (C=O) groups is 1. The standard InChI is InChI=1S/C21H29N5O3/c1-14(2)10-17(22-15(3)27)21-24-23-20-6-7-25(8-9-26(20)21)12-16-4-5-18-19(11-16)29-13-28-18/h4-5,11,14,17H,6-10,12-13H2,1-3H3,(H,22,27). The Morgan fingerprint density at radius 1 is 1.17 bits per heavy atom. The summed E-state index contributed by atoms with van der Waals surface area (Å²) in [6, 6.07) is 6.04. The van der Waals surface area contributed by atoms with Crippen molar-refractivity contribution >= 4 is 5.91 Å². The number of nitrogens with zero attached hydrogens (tertiary/aromatic N) is 4. The number of amides is 1. The highest BCUT2D eigenvalue weighted by Gasteiger charge is 2.25. The molecule has 1 atom stereocenters. The largest absolute Gasteiger partial charge is 0.454 e. The number of hydrogen-bond donors (Lipinski definition) is 1. The molecule has 0 bridgehead atoms. The second kappa shape index (κ2) is 8.41. The van der Waals surface area contributed by atoms with Crippen LogP contribution in [-0.2, 0) is 24.3 Å². The van der Waals surface area contributed by atoms with Crippen LogP contribution in [0.4, 0.5) is 0 Å². The second-order valence-electron chi connectivity index (χ2n) is 8.22. The molecule has 8 heteroatoms. The van der Waals surface area contributed by atoms with E-state index in [-0.39, 0.29) is 11.9 Å². The maximum atomic E-state index is 11.7. The first kappa shape index (κ1) is 19.7. The monoisotopic (exact) mass is 399 g/mol. The van der Waals surface area contributed by atoms with E-state index in [2.05, 4.69) is 51.0 Å². The van der Waals surface area contributed by atoms with Gasteiger partial charge in [0.2, 0.25) is 12.7 Å². The molecule has 1 amide bonds. The molecule has 0 radical (unpaired) electrons. The van der Waals surface area contributed by atoms with Gasteiger partial charge in [0.25, 0.3) is 0 Å². The Kier molecular flexibility index (Phi) is 5.71. The van der Waals surface area contributed by atoms with Gasteiger partial charge in [0.1, 0.15) is 5.82 Å². The predicted octanol–water partition coefficient (Wildman–Crippen LogP) is 2.29. The van der Waals surface area contributed by atoms with Crippen molar-refractivity contribution in [3.05, 3.63) is 35.4 Å². The average molecular weight is 399 g/mol. The highest BCUT2D eigenvalue weighted by Crippen LogP contribution is 2.33. The van der Waals surface area contributed by atoms with Gasteiger partial charge in [0.05, 0.1) is 6.04 Å². The Morgan fingerprint density at radius 3 is 2.79 bits per heavy atom. The molecule has 8 nitrogen and oxygen atoms in total. The quantitative estimate of drug-likeness (QED) is 0.803. The summed E-state index contributed by atoms with van der Waals surface area (Å²) < 4.78 is 13.1. The maximum Gasteiger partial charge on any atom is 0.231 e. The van der Waals surface area contributed by atoms with Crippen LogP contribution in [0.15, 0.2) is 18.2 Å². The minimum absolute atomic E-state index is 0.0361. The first-order valence-electron chi connectivity index (χ1n) is 10.3. The fourth-order valence-corrected chi connectivity index (χ4v) is 4.05. The van der Waals surface area contributed by atoms with Crippen molar-refractivity contribution in [1.82, 2.24) is 25.0 Å². The molecule has 4 rings (SSSR count). The van der Waals surface area contributed by atoms with Gasteiger partial charge >= 0.3 is 0 Å². The van der Waals surface area contributed by atoms with Crippen molar-refractivity contribution < 1.29 is 14.3 Å². The van der Waals surface area contributed by atoms with Gasteiger partial charge in [0, 0.05) is 39.5 Å². The summed E-state index contributed by atoms with van der Waals surface area (Å²) in [4.78, 5) is 14.1.